The summed E-state index contributed by atoms with van der Waals surface area (Å²) in [7, 11) is -6.71. The molecule has 182 valence electrons. The molecule has 0 aliphatic carbocycles. The third kappa shape index (κ3) is 4.98. The second kappa shape index (κ2) is 10.0. The van der Waals surface area contributed by atoms with E-state index in [2.05, 4.69) is 25.6 Å². The number of nitrogens with zero attached hydrogens (tertiary/aromatic N) is 4. The Balaban J connectivity index is 1.61. The molecule has 34 heavy (non-hydrogen) atoms. The van der Waals surface area contributed by atoms with Crippen molar-refractivity contribution < 1.29 is 28.8 Å². The Morgan fingerprint density at radius 1 is 1.26 bits per heavy atom. The van der Waals surface area contributed by atoms with Gasteiger partial charge in [-0.15, -0.1) is 0 Å². The van der Waals surface area contributed by atoms with Crippen LogP contribution in [0.2, 0.25) is 0 Å². The molecule has 3 heterocycles. The molecule has 4 rings (SSSR count). The van der Waals surface area contributed by atoms with Gasteiger partial charge in [-0.05, 0) is 63.0 Å². The van der Waals surface area contributed by atoms with Crippen molar-refractivity contribution in [1.29, 1.82) is 0 Å². The van der Waals surface area contributed by atoms with Gasteiger partial charge >= 0.3 is 27.1 Å². The highest BCUT2D eigenvalue weighted by Gasteiger charge is 2.56. The summed E-state index contributed by atoms with van der Waals surface area (Å²) < 4.78 is 30.8. The Hall–Kier alpha value is -2.46. The number of ether oxygens (including phenoxy) is 1. The van der Waals surface area contributed by atoms with Crippen molar-refractivity contribution in [3.63, 3.8) is 0 Å². The normalized spacial score (nSPS) is 17.1. The van der Waals surface area contributed by atoms with Crippen LogP contribution < -0.4 is 15.4 Å². The van der Waals surface area contributed by atoms with Crippen LogP contribution in [-0.4, -0.2) is 54.1 Å². The molecule has 12 nitrogen and oxygen atoms in total. The summed E-state index contributed by atoms with van der Waals surface area (Å²) in [6, 6.07) is 5.81. The lowest BCUT2D eigenvalue weighted by Crippen LogP contribution is -2.30. The van der Waals surface area contributed by atoms with E-state index < -0.39 is 21.1 Å². The molecule has 0 spiro atoms. The van der Waals surface area contributed by atoms with Crippen LogP contribution in [0.15, 0.2) is 30.6 Å². The van der Waals surface area contributed by atoms with Gasteiger partial charge in [-0.3, -0.25) is 4.57 Å². The summed E-state index contributed by atoms with van der Waals surface area (Å²) in [5.74, 6) is 0.830. The molecule has 0 radical (unpaired) electrons. The molecule has 14 heteroatoms. The summed E-state index contributed by atoms with van der Waals surface area (Å²) in [5.41, 5.74) is 1.50. The van der Waals surface area contributed by atoms with Gasteiger partial charge in [0.05, 0.1) is 12.9 Å². The van der Waals surface area contributed by atoms with Crippen LogP contribution >= 0.6 is 16.1 Å². The number of piperidine rings is 1. The van der Waals surface area contributed by atoms with Crippen molar-refractivity contribution in [2.45, 2.75) is 31.4 Å². The first-order chi connectivity index (χ1) is 16.2. The number of aromatic nitrogens is 4. The monoisotopic (exact) mass is 509 g/mol. The molecule has 2 unspecified atom stereocenters. The topological polar surface area (TPSA) is 172 Å². The maximum Gasteiger partial charge on any atom is 0.412 e. The van der Waals surface area contributed by atoms with E-state index in [4.69, 9.17) is 4.74 Å². The highest BCUT2D eigenvalue weighted by molar-refractivity contribution is 7.62. The first-order valence-electron chi connectivity index (χ1n) is 10.9. The fourth-order valence-corrected chi connectivity index (χ4v) is 5.00. The highest BCUT2D eigenvalue weighted by Crippen LogP contribution is 2.61. The fraction of sp³-hybridized carbons (Fsp3) is 0.450. The first-order valence-corrected chi connectivity index (χ1v) is 13.4. The molecular formula is C20H27N6O6P2+. The highest BCUT2D eigenvalue weighted by atomic mass is 31.2. The van der Waals surface area contributed by atoms with E-state index in [0.29, 0.717) is 41.7 Å². The Morgan fingerprint density at radius 2 is 1.97 bits per heavy atom. The molecule has 1 saturated heterocycles. The molecular weight excluding hydrogens is 482 g/mol. The largest absolute Gasteiger partial charge is 0.463 e. The minimum atomic E-state index is -5.07. The summed E-state index contributed by atoms with van der Waals surface area (Å²) >= 11 is 0. The van der Waals surface area contributed by atoms with Gasteiger partial charge in [-0.1, -0.05) is 4.57 Å². The number of imidazole rings is 1. The van der Waals surface area contributed by atoms with E-state index in [0.717, 1.165) is 25.9 Å². The molecule has 0 bridgehead atoms. The van der Waals surface area contributed by atoms with Crippen LogP contribution in [0.1, 0.15) is 25.3 Å². The summed E-state index contributed by atoms with van der Waals surface area (Å²) in [6.07, 6.45) is 3.72. The minimum absolute atomic E-state index is 0.159. The SMILES string of the molecule is CCn1cnc2c(Nc3ccc(C(O)([PH+]=O)P(=O)(O)O)cc3)nc(OCC3CCNCC3)nc21. The van der Waals surface area contributed by atoms with Gasteiger partial charge in [-0.25, -0.2) is 4.98 Å². The van der Waals surface area contributed by atoms with Crippen LogP contribution in [0.25, 0.3) is 11.2 Å². The van der Waals surface area contributed by atoms with Crippen molar-refractivity contribution >= 4 is 38.7 Å². The first kappa shape index (κ1) is 24.7. The Labute approximate surface area is 197 Å². The third-order valence-electron chi connectivity index (χ3n) is 5.80. The minimum Gasteiger partial charge on any atom is -0.463 e. The molecule has 1 aliphatic rings. The molecule has 1 aromatic carbocycles. The average molecular weight is 509 g/mol. The van der Waals surface area contributed by atoms with Gasteiger partial charge in [0.25, 0.3) is 0 Å². The Bertz CT molecular complexity index is 1210. The number of fused-ring (bicyclic) bond motifs is 1. The number of hydrogen-bond acceptors (Lipinski definition) is 9. The van der Waals surface area contributed by atoms with Crippen molar-refractivity contribution in [1.82, 2.24) is 24.8 Å². The number of nitrogens with one attached hydrogen (secondary N) is 2. The molecule has 0 saturated carbocycles. The lowest BCUT2D eigenvalue weighted by atomic mass is 9.99. The third-order valence-corrected chi connectivity index (χ3v) is 8.63. The predicted molar refractivity (Wildman–Crippen MR) is 127 cm³/mol. The summed E-state index contributed by atoms with van der Waals surface area (Å²) in [4.78, 5) is 32.3. The van der Waals surface area contributed by atoms with Crippen LogP contribution in [0.3, 0.4) is 0 Å². The van der Waals surface area contributed by atoms with E-state index in [1.807, 2.05) is 11.5 Å². The Morgan fingerprint density at radius 3 is 2.59 bits per heavy atom. The van der Waals surface area contributed by atoms with E-state index in [1.165, 1.54) is 24.3 Å². The number of benzene rings is 1. The number of aliphatic hydroxyl groups is 1. The van der Waals surface area contributed by atoms with Crippen LogP contribution in [0, 0.1) is 5.92 Å². The van der Waals surface area contributed by atoms with Crippen LogP contribution in [-0.2, 0) is 20.8 Å². The molecule has 3 aromatic rings. The maximum absolute atomic E-state index is 11.6. The lowest BCUT2D eigenvalue weighted by molar-refractivity contribution is 0.168. The van der Waals surface area contributed by atoms with Crippen molar-refractivity contribution in [2.24, 2.45) is 5.92 Å². The predicted octanol–water partition coefficient (Wildman–Crippen LogP) is 2.27. The number of hydrogen-bond donors (Lipinski definition) is 5. The summed E-state index contributed by atoms with van der Waals surface area (Å²) in [5, 5.41) is 13.9. The van der Waals surface area contributed by atoms with Gasteiger partial charge in [0, 0.05) is 17.8 Å². The molecule has 1 fully saturated rings. The van der Waals surface area contributed by atoms with E-state index in [1.54, 1.807) is 6.33 Å². The zero-order valence-electron chi connectivity index (χ0n) is 18.5. The zero-order valence-corrected chi connectivity index (χ0v) is 20.4. The van der Waals surface area contributed by atoms with Crippen LogP contribution in [0.4, 0.5) is 11.5 Å². The zero-order chi connectivity index (χ0) is 24.3. The quantitative estimate of drug-likeness (QED) is 0.268. The van der Waals surface area contributed by atoms with Crippen molar-refractivity contribution in [3.05, 3.63) is 36.2 Å². The maximum atomic E-state index is 11.6. The van der Waals surface area contributed by atoms with E-state index in [9.17, 15) is 24.0 Å². The molecule has 2 aromatic heterocycles. The van der Waals surface area contributed by atoms with Gasteiger partial charge < -0.3 is 34.8 Å². The fourth-order valence-electron chi connectivity index (χ4n) is 3.76. The van der Waals surface area contributed by atoms with Crippen molar-refractivity contribution in [3.8, 4) is 6.01 Å². The van der Waals surface area contributed by atoms with E-state index in [-0.39, 0.29) is 11.6 Å². The second-order valence-electron chi connectivity index (χ2n) is 8.08. The van der Waals surface area contributed by atoms with Gasteiger partial charge in [0.1, 0.15) is 0 Å². The van der Waals surface area contributed by atoms with E-state index >= 15 is 0 Å². The number of aryl methyl sites for hydroxylation is 1. The molecule has 5 N–H and O–H groups in total. The Kier molecular flexibility index (Phi) is 7.28. The second-order valence-corrected chi connectivity index (χ2v) is 11.2. The van der Waals surface area contributed by atoms with Gasteiger partial charge in [0.2, 0.25) is 0 Å². The summed E-state index contributed by atoms with van der Waals surface area (Å²) in [6.45, 7) is 5.07. The van der Waals surface area contributed by atoms with Crippen molar-refractivity contribution in [2.75, 3.05) is 25.0 Å². The average Bonchev–Trinajstić information content (AvgIpc) is 3.26. The smallest absolute Gasteiger partial charge is 0.412 e. The van der Waals surface area contributed by atoms with Gasteiger partial charge in [0.15, 0.2) is 17.0 Å². The molecule has 0 amide bonds. The van der Waals surface area contributed by atoms with Crippen LogP contribution in [0.5, 0.6) is 6.01 Å². The molecule has 2 atom stereocenters. The standard InChI is InChI=1S/C20H26N6O6P2/c1-2-26-12-22-16-17(24-19(25-18(16)26)32-11-13-7-9-21-10-8-13)23-15-5-3-14(4-6-15)20(27,33-28)34(29,30)31/h3-6,12-13,21,27H,2,7-11H2,1H3,(H,23,24,25)(H2,29,30,31)/p+1. The molecule has 1 aliphatic heterocycles. The van der Waals surface area contributed by atoms with Gasteiger partial charge in [-0.2, -0.15) is 9.97 Å². The lowest BCUT2D eigenvalue weighted by Gasteiger charge is -2.22. The number of anilines is 2. The number of rotatable bonds is 9.